The number of rotatable bonds is 7. The molecule has 0 fully saturated rings. The number of ether oxygens (including phenoxy) is 2. The van der Waals surface area contributed by atoms with Crippen LogP contribution < -0.4 is 0 Å². The monoisotopic (exact) mass is 298 g/mol. The van der Waals surface area contributed by atoms with Crippen LogP contribution in [0.4, 0.5) is 0 Å². The van der Waals surface area contributed by atoms with Crippen LogP contribution in [-0.2, 0) is 9.47 Å². The minimum Gasteiger partial charge on any atom is -0.355 e. The molecular weight excluding hydrogens is 276 g/mol. The fourth-order valence-corrected chi connectivity index (χ4v) is 2.77. The van der Waals surface area contributed by atoms with Crippen LogP contribution >= 0.6 is 0 Å². The Kier molecular flexibility index (Phi) is 5.87. The Labute approximate surface area is 131 Å². The fraction of sp³-hybridized carbons (Fsp3) is 0.316. The van der Waals surface area contributed by atoms with Crippen molar-refractivity contribution in [3.8, 4) is 0 Å². The Morgan fingerprint density at radius 2 is 1.36 bits per heavy atom. The number of ketones is 1. The van der Waals surface area contributed by atoms with E-state index < -0.39 is 6.29 Å². The van der Waals surface area contributed by atoms with Crippen molar-refractivity contribution in [2.75, 3.05) is 14.2 Å². The standard InChI is InChI=1S/C19H22O3/c1-14(18(20)16-12-8-5-9-13-16)17(19(21-2)22-3)15-10-6-4-7-11-15/h4-14,17,19H,1-3H3. The molecule has 2 aromatic carbocycles. The van der Waals surface area contributed by atoms with Gasteiger partial charge in [0.2, 0.25) is 0 Å². The molecule has 0 spiro atoms. The average Bonchev–Trinajstić information content (AvgIpc) is 2.60. The summed E-state index contributed by atoms with van der Waals surface area (Å²) in [5.41, 5.74) is 1.75. The second-order valence-corrected chi connectivity index (χ2v) is 5.30. The van der Waals surface area contributed by atoms with Gasteiger partial charge in [-0.25, -0.2) is 0 Å². The van der Waals surface area contributed by atoms with Gasteiger partial charge in [0.05, 0.1) is 0 Å². The maximum absolute atomic E-state index is 12.8. The third-order valence-electron chi connectivity index (χ3n) is 3.95. The van der Waals surface area contributed by atoms with Gasteiger partial charge in [0.15, 0.2) is 12.1 Å². The molecule has 22 heavy (non-hydrogen) atoms. The highest BCUT2D eigenvalue weighted by molar-refractivity contribution is 5.98. The van der Waals surface area contributed by atoms with Crippen LogP contribution in [0.5, 0.6) is 0 Å². The highest BCUT2D eigenvalue weighted by Gasteiger charge is 2.33. The topological polar surface area (TPSA) is 35.5 Å². The van der Waals surface area contributed by atoms with Crippen LogP contribution in [0.15, 0.2) is 60.7 Å². The van der Waals surface area contributed by atoms with E-state index >= 15 is 0 Å². The Hall–Kier alpha value is -1.97. The lowest BCUT2D eigenvalue weighted by atomic mass is 9.82. The molecule has 0 aromatic heterocycles. The first-order valence-electron chi connectivity index (χ1n) is 7.38. The maximum atomic E-state index is 12.8. The molecule has 3 heteroatoms. The van der Waals surface area contributed by atoms with E-state index in [1.165, 1.54) is 0 Å². The minimum atomic E-state index is -0.468. The number of Topliss-reactive ketones (excluding diaryl/α,β-unsaturated/α-hetero) is 1. The Morgan fingerprint density at radius 3 is 1.86 bits per heavy atom. The molecule has 2 rings (SSSR count). The Balaban J connectivity index is 2.34. The van der Waals surface area contributed by atoms with E-state index in [-0.39, 0.29) is 17.6 Å². The molecule has 0 heterocycles. The first-order valence-corrected chi connectivity index (χ1v) is 7.38. The van der Waals surface area contributed by atoms with Crippen molar-refractivity contribution in [1.29, 1.82) is 0 Å². The van der Waals surface area contributed by atoms with E-state index in [4.69, 9.17) is 9.47 Å². The largest absolute Gasteiger partial charge is 0.355 e. The van der Waals surface area contributed by atoms with Gasteiger partial charge in [-0.2, -0.15) is 0 Å². The summed E-state index contributed by atoms with van der Waals surface area (Å²) in [6, 6.07) is 19.2. The zero-order chi connectivity index (χ0) is 15.9. The zero-order valence-electron chi connectivity index (χ0n) is 13.2. The summed E-state index contributed by atoms with van der Waals surface area (Å²) in [6.45, 7) is 1.93. The van der Waals surface area contributed by atoms with Crippen molar-refractivity contribution >= 4 is 5.78 Å². The quantitative estimate of drug-likeness (QED) is 0.574. The SMILES string of the molecule is COC(OC)C(c1ccccc1)C(C)C(=O)c1ccccc1. The summed E-state index contributed by atoms with van der Waals surface area (Å²) in [6.07, 6.45) is -0.468. The van der Waals surface area contributed by atoms with E-state index in [1.807, 2.05) is 67.6 Å². The van der Waals surface area contributed by atoms with Crippen LogP contribution in [0.25, 0.3) is 0 Å². The molecule has 0 N–H and O–H groups in total. The summed E-state index contributed by atoms with van der Waals surface area (Å²) < 4.78 is 10.9. The fourth-order valence-electron chi connectivity index (χ4n) is 2.77. The highest BCUT2D eigenvalue weighted by atomic mass is 16.7. The van der Waals surface area contributed by atoms with Crippen LogP contribution in [0.2, 0.25) is 0 Å². The number of hydrogen-bond acceptors (Lipinski definition) is 3. The number of methoxy groups -OCH3 is 2. The smallest absolute Gasteiger partial charge is 0.166 e. The summed E-state index contributed by atoms with van der Waals surface area (Å²) in [5, 5.41) is 0. The molecule has 0 amide bonds. The molecule has 3 nitrogen and oxygen atoms in total. The lowest BCUT2D eigenvalue weighted by Gasteiger charge is -2.29. The van der Waals surface area contributed by atoms with E-state index in [0.717, 1.165) is 5.56 Å². The van der Waals surface area contributed by atoms with Gasteiger partial charge in [-0.3, -0.25) is 4.79 Å². The lowest BCUT2D eigenvalue weighted by Crippen LogP contribution is -2.32. The molecule has 0 aliphatic heterocycles. The lowest BCUT2D eigenvalue weighted by molar-refractivity contribution is -0.124. The summed E-state index contributed by atoms with van der Waals surface area (Å²) >= 11 is 0. The van der Waals surface area contributed by atoms with E-state index in [1.54, 1.807) is 14.2 Å². The second-order valence-electron chi connectivity index (χ2n) is 5.30. The first-order chi connectivity index (χ1) is 10.7. The second kappa shape index (κ2) is 7.87. The molecule has 0 saturated heterocycles. The van der Waals surface area contributed by atoms with Gasteiger partial charge in [0.1, 0.15) is 0 Å². The molecule has 0 bridgehead atoms. The van der Waals surface area contributed by atoms with Crippen molar-refractivity contribution in [3.63, 3.8) is 0 Å². The summed E-state index contributed by atoms with van der Waals surface area (Å²) in [7, 11) is 3.20. The predicted molar refractivity (Wildman–Crippen MR) is 86.9 cm³/mol. The molecular formula is C19H22O3. The number of carbonyl (C=O) groups is 1. The normalized spacial score (nSPS) is 13.8. The molecule has 0 aliphatic carbocycles. The third kappa shape index (κ3) is 3.62. The highest BCUT2D eigenvalue weighted by Crippen LogP contribution is 2.32. The van der Waals surface area contributed by atoms with Crippen molar-refractivity contribution in [3.05, 3.63) is 71.8 Å². The number of carbonyl (C=O) groups excluding carboxylic acids is 1. The molecule has 0 aliphatic rings. The van der Waals surface area contributed by atoms with Crippen molar-refractivity contribution in [1.82, 2.24) is 0 Å². The first kappa shape index (κ1) is 16.4. The molecule has 0 saturated carbocycles. The molecule has 0 radical (unpaired) electrons. The molecule has 116 valence electrons. The van der Waals surface area contributed by atoms with E-state index in [9.17, 15) is 4.79 Å². The molecule has 2 unspecified atom stereocenters. The zero-order valence-corrected chi connectivity index (χ0v) is 13.2. The molecule has 2 atom stereocenters. The van der Waals surface area contributed by atoms with E-state index in [2.05, 4.69) is 0 Å². The van der Waals surface area contributed by atoms with Gasteiger partial charge in [-0.1, -0.05) is 67.6 Å². The molecule has 2 aromatic rings. The average molecular weight is 298 g/mol. The van der Waals surface area contributed by atoms with Crippen LogP contribution in [0, 0.1) is 5.92 Å². The minimum absolute atomic E-state index is 0.0913. The van der Waals surface area contributed by atoms with Gasteiger partial charge in [-0.05, 0) is 5.56 Å². The number of benzene rings is 2. The summed E-state index contributed by atoms with van der Waals surface area (Å²) in [5.74, 6) is -0.327. The maximum Gasteiger partial charge on any atom is 0.166 e. The Bertz CT molecular complexity index is 576. The van der Waals surface area contributed by atoms with Gasteiger partial charge < -0.3 is 9.47 Å². The van der Waals surface area contributed by atoms with Crippen LogP contribution in [0.1, 0.15) is 28.8 Å². The summed E-state index contributed by atoms with van der Waals surface area (Å²) in [4.78, 5) is 12.8. The van der Waals surface area contributed by atoms with Crippen LogP contribution in [0.3, 0.4) is 0 Å². The van der Waals surface area contributed by atoms with Crippen molar-refractivity contribution < 1.29 is 14.3 Å². The van der Waals surface area contributed by atoms with Gasteiger partial charge in [0, 0.05) is 31.6 Å². The number of hydrogen-bond donors (Lipinski definition) is 0. The predicted octanol–water partition coefficient (Wildman–Crippen LogP) is 3.91. The van der Waals surface area contributed by atoms with E-state index in [0.29, 0.717) is 5.56 Å². The van der Waals surface area contributed by atoms with Crippen LogP contribution in [-0.4, -0.2) is 26.3 Å². The van der Waals surface area contributed by atoms with Crippen molar-refractivity contribution in [2.24, 2.45) is 5.92 Å². The Morgan fingerprint density at radius 1 is 0.864 bits per heavy atom. The van der Waals surface area contributed by atoms with Crippen molar-refractivity contribution in [2.45, 2.75) is 19.1 Å². The third-order valence-corrected chi connectivity index (χ3v) is 3.95. The van der Waals surface area contributed by atoms with Gasteiger partial charge >= 0.3 is 0 Å². The van der Waals surface area contributed by atoms with Gasteiger partial charge in [-0.15, -0.1) is 0 Å². The van der Waals surface area contributed by atoms with Gasteiger partial charge in [0.25, 0.3) is 0 Å².